The molecule has 7 heteroatoms. The minimum Gasteiger partial charge on any atom is -0.464 e. The molecule has 0 aliphatic carbocycles. The highest BCUT2D eigenvalue weighted by atomic mass is 16.5. The second-order valence-electron chi connectivity index (χ2n) is 3.80. The fourth-order valence-electron chi connectivity index (χ4n) is 1.80. The number of nitrogens with zero attached hydrogens (tertiary/aromatic N) is 4. The summed E-state index contributed by atoms with van der Waals surface area (Å²) >= 11 is 0. The van der Waals surface area contributed by atoms with Crippen molar-refractivity contribution in [3.05, 3.63) is 0 Å². The minimum absolute atomic E-state index is 0.180. The molecule has 0 saturated carbocycles. The SMILES string of the molecule is CCOc1nc(N)nc(N2CCC(OC)C2)n1. The van der Waals surface area contributed by atoms with Crippen LogP contribution in [0.3, 0.4) is 0 Å². The van der Waals surface area contributed by atoms with E-state index in [0.29, 0.717) is 12.6 Å². The van der Waals surface area contributed by atoms with Gasteiger partial charge in [-0.25, -0.2) is 0 Å². The molecule has 1 saturated heterocycles. The summed E-state index contributed by atoms with van der Waals surface area (Å²) in [5.41, 5.74) is 5.62. The number of rotatable bonds is 4. The Morgan fingerprint density at radius 3 is 2.88 bits per heavy atom. The third-order valence-corrected chi connectivity index (χ3v) is 2.66. The maximum atomic E-state index is 5.62. The lowest BCUT2D eigenvalue weighted by molar-refractivity contribution is 0.121. The van der Waals surface area contributed by atoms with Crippen LogP contribution in [0.2, 0.25) is 0 Å². The first-order valence-electron chi connectivity index (χ1n) is 5.65. The largest absolute Gasteiger partial charge is 0.464 e. The molecule has 1 aromatic heterocycles. The Kier molecular flexibility index (Phi) is 3.58. The molecule has 1 aromatic rings. The maximum absolute atomic E-state index is 5.62. The van der Waals surface area contributed by atoms with Crippen molar-refractivity contribution in [3.63, 3.8) is 0 Å². The number of nitrogen functional groups attached to an aromatic ring is 1. The molecule has 1 aliphatic heterocycles. The number of hydrogen-bond donors (Lipinski definition) is 1. The smallest absolute Gasteiger partial charge is 0.323 e. The van der Waals surface area contributed by atoms with E-state index in [1.54, 1.807) is 7.11 Å². The molecule has 2 rings (SSSR count). The number of nitrogens with two attached hydrogens (primary N) is 1. The summed E-state index contributed by atoms with van der Waals surface area (Å²) in [5, 5.41) is 0. The molecule has 2 N–H and O–H groups in total. The average Bonchev–Trinajstić information content (AvgIpc) is 2.77. The van der Waals surface area contributed by atoms with Crippen LogP contribution in [0.1, 0.15) is 13.3 Å². The summed E-state index contributed by atoms with van der Waals surface area (Å²) in [7, 11) is 1.71. The van der Waals surface area contributed by atoms with E-state index in [2.05, 4.69) is 15.0 Å². The Morgan fingerprint density at radius 2 is 2.24 bits per heavy atom. The van der Waals surface area contributed by atoms with Crippen LogP contribution < -0.4 is 15.4 Å². The molecule has 1 fully saturated rings. The lowest BCUT2D eigenvalue weighted by atomic mass is 10.3. The van der Waals surface area contributed by atoms with Gasteiger partial charge in [-0.15, -0.1) is 0 Å². The lowest BCUT2D eigenvalue weighted by Crippen LogP contribution is -2.25. The van der Waals surface area contributed by atoms with Gasteiger partial charge in [0.15, 0.2) is 0 Å². The highest BCUT2D eigenvalue weighted by molar-refractivity contribution is 5.37. The molecule has 17 heavy (non-hydrogen) atoms. The Balaban J connectivity index is 2.15. The van der Waals surface area contributed by atoms with Crippen molar-refractivity contribution in [1.82, 2.24) is 15.0 Å². The zero-order valence-corrected chi connectivity index (χ0v) is 10.1. The van der Waals surface area contributed by atoms with Crippen LogP contribution in [0.5, 0.6) is 6.01 Å². The predicted octanol–water partition coefficient (Wildman–Crippen LogP) is 0.0776. The fraction of sp³-hybridized carbons (Fsp3) is 0.700. The highest BCUT2D eigenvalue weighted by Crippen LogP contribution is 2.19. The monoisotopic (exact) mass is 239 g/mol. The summed E-state index contributed by atoms with van der Waals surface area (Å²) < 4.78 is 10.5. The summed E-state index contributed by atoms with van der Waals surface area (Å²) in [5.74, 6) is 0.736. The highest BCUT2D eigenvalue weighted by Gasteiger charge is 2.24. The molecular formula is C10H17N5O2. The van der Waals surface area contributed by atoms with Crippen LogP contribution in [0.25, 0.3) is 0 Å². The minimum atomic E-state index is 0.180. The molecule has 94 valence electrons. The quantitative estimate of drug-likeness (QED) is 0.796. The van der Waals surface area contributed by atoms with Gasteiger partial charge in [0.1, 0.15) is 0 Å². The van der Waals surface area contributed by atoms with E-state index in [1.807, 2.05) is 11.8 Å². The van der Waals surface area contributed by atoms with Crippen LogP contribution in [-0.4, -0.2) is 47.9 Å². The van der Waals surface area contributed by atoms with E-state index >= 15 is 0 Å². The third-order valence-electron chi connectivity index (χ3n) is 2.66. The summed E-state index contributed by atoms with van der Waals surface area (Å²) in [6.45, 7) is 4.00. The predicted molar refractivity (Wildman–Crippen MR) is 63.0 cm³/mol. The molecule has 1 atom stereocenters. The van der Waals surface area contributed by atoms with Gasteiger partial charge in [0.05, 0.1) is 12.7 Å². The fourth-order valence-corrected chi connectivity index (χ4v) is 1.80. The van der Waals surface area contributed by atoms with Crippen molar-refractivity contribution in [1.29, 1.82) is 0 Å². The first kappa shape index (κ1) is 11.8. The zero-order valence-electron chi connectivity index (χ0n) is 10.1. The van der Waals surface area contributed by atoms with Crippen molar-refractivity contribution in [2.45, 2.75) is 19.4 Å². The number of ether oxygens (including phenoxy) is 2. The standard InChI is InChI=1S/C10H17N5O2/c1-3-17-10-13-8(11)12-9(14-10)15-5-4-7(6-15)16-2/h7H,3-6H2,1-2H3,(H2,11,12,13,14). The van der Waals surface area contributed by atoms with Crippen molar-refractivity contribution < 1.29 is 9.47 Å². The maximum Gasteiger partial charge on any atom is 0.323 e. The number of methoxy groups -OCH3 is 1. The van der Waals surface area contributed by atoms with Crippen molar-refractivity contribution in [3.8, 4) is 6.01 Å². The Hall–Kier alpha value is -1.63. The first-order valence-corrected chi connectivity index (χ1v) is 5.65. The Bertz CT molecular complexity index is 387. The van der Waals surface area contributed by atoms with E-state index in [-0.39, 0.29) is 18.1 Å². The van der Waals surface area contributed by atoms with Crippen LogP contribution >= 0.6 is 0 Å². The average molecular weight is 239 g/mol. The molecular weight excluding hydrogens is 222 g/mol. The summed E-state index contributed by atoms with van der Waals surface area (Å²) in [6, 6.07) is 0.274. The third kappa shape index (κ3) is 2.73. The first-order chi connectivity index (χ1) is 8.22. The van der Waals surface area contributed by atoms with Gasteiger partial charge in [-0.1, -0.05) is 0 Å². The van der Waals surface area contributed by atoms with Gasteiger partial charge < -0.3 is 20.1 Å². The van der Waals surface area contributed by atoms with Gasteiger partial charge in [-0.3, -0.25) is 0 Å². The topological polar surface area (TPSA) is 86.4 Å². The Morgan fingerprint density at radius 1 is 1.41 bits per heavy atom. The van der Waals surface area contributed by atoms with E-state index < -0.39 is 0 Å². The molecule has 0 aromatic carbocycles. The van der Waals surface area contributed by atoms with Crippen LogP contribution in [0, 0.1) is 0 Å². The number of hydrogen-bond acceptors (Lipinski definition) is 7. The van der Waals surface area contributed by atoms with E-state index in [1.165, 1.54) is 0 Å². The van der Waals surface area contributed by atoms with Crippen LogP contribution in [0.4, 0.5) is 11.9 Å². The Labute approximate surface area is 100.0 Å². The van der Waals surface area contributed by atoms with E-state index in [0.717, 1.165) is 19.5 Å². The number of anilines is 2. The van der Waals surface area contributed by atoms with Crippen molar-refractivity contribution >= 4 is 11.9 Å². The molecule has 0 radical (unpaired) electrons. The normalized spacial score (nSPS) is 19.6. The van der Waals surface area contributed by atoms with Gasteiger partial charge >= 0.3 is 6.01 Å². The van der Waals surface area contributed by atoms with Crippen molar-refractivity contribution in [2.75, 3.05) is 37.4 Å². The molecule has 0 bridgehead atoms. The molecule has 2 heterocycles. The number of aromatic nitrogens is 3. The summed E-state index contributed by atoms with van der Waals surface area (Å²) in [4.78, 5) is 14.3. The molecule has 0 amide bonds. The molecule has 1 aliphatic rings. The lowest BCUT2D eigenvalue weighted by Gasteiger charge is -2.16. The van der Waals surface area contributed by atoms with Gasteiger partial charge in [-0.2, -0.15) is 15.0 Å². The second-order valence-corrected chi connectivity index (χ2v) is 3.80. The summed E-state index contributed by atoms with van der Waals surface area (Å²) in [6.07, 6.45) is 1.19. The molecule has 1 unspecified atom stereocenters. The molecule has 7 nitrogen and oxygen atoms in total. The zero-order chi connectivity index (χ0) is 12.3. The van der Waals surface area contributed by atoms with Gasteiger partial charge in [0.2, 0.25) is 11.9 Å². The van der Waals surface area contributed by atoms with Crippen LogP contribution in [-0.2, 0) is 4.74 Å². The van der Waals surface area contributed by atoms with E-state index in [4.69, 9.17) is 15.2 Å². The van der Waals surface area contributed by atoms with Crippen molar-refractivity contribution in [2.24, 2.45) is 0 Å². The van der Waals surface area contributed by atoms with Gasteiger partial charge in [-0.05, 0) is 13.3 Å². The van der Waals surface area contributed by atoms with Crippen LogP contribution in [0.15, 0.2) is 0 Å². The second kappa shape index (κ2) is 5.13. The van der Waals surface area contributed by atoms with Gasteiger partial charge in [0.25, 0.3) is 0 Å². The molecule has 0 spiro atoms. The van der Waals surface area contributed by atoms with Gasteiger partial charge in [0, 0.05) is 20.2 Å². The van der Waals surface area contributed by atoms with E-state index in [9.17, 15) is 0 Å².